The molecule has 6 nitrogen and oxygen atoms in total. The van der Waals surface area contributed by atoms with E-state index < -0.39 is 5.41 Å². The van der Waals surface area contributed by atoms with E-state index in [0.29, 0.717) is 31.8 Å². The van der Waals surface area contributed by atoms with Crippen LogP contribution in [0.4, 0.5) is 0 Å². The van der Waals surface area contributed by atoms with Crippen molar-refractivity contribution in [3.63, 3.8) is 0 Å². The fourth-order valence-corrected chi connectivity index (χ4v) is 4.12. The summed E-state index contributed by atoms with van der Waals surface area (Å²) in [5, 5.41) is 6.35. The van der Waals surface area contributed by atoms with Crippen molar-refractivity contribution in [3.05, 3.63) is 23.8 Å². The Labute approximate surface area is 153 Å². The Bertz CT molecular complexity index is 739. The predicted molar refractivity (Wildman–Crippen MR) is 96.3 cm³/mol. The van der Waals surface area contributed by atoms with Crippen molar-refractivity contribution in [2.24, 2.45) is 0 Å². The van der Waals surface area contributed by atoms with Gasteiger partial charge in [0.15, 0.2) is 11.5 Å². The predicted octanol–water partition coefficient (Wildman–Crippen LogP) is 2.05. The second-order valence-corrected chi connectivity index (χ2v) is 8.11. The number of benzene rings is 1. The van der Waals surface area contributed by atoms with Crippen LogP contribution in [0, 0.1) is 0 Å². The molecule has 1 aromatic rings. The lowest BCUT2D eigenvalue weighted by molar-refractivity contribution is -0.133. The Morgan fingerprint density at radius 3 is 2.65 bits per heavy atom. The highest BCUT2D eigenvalue weighted by molar-refractivity contribution is 5.88. The van der Waals surface area contributed by atoms with Gasteiger partial charge in [-0.05, 0) is 57.2 Å². The molecule has 1 atom stereocenters. The monoisotopic (exact) mass is 358 g/mol. The number of ether oxygens (including phenoxy) is 2. The van der Waals surface area contributed by atoms with Crippen LogP contribution in [0.1, 0.15) is 51.5 Å². The van der Waals surface area contributed by atoms with E-state index in [4.69, 9.17) is 9.47 Å². The summed E-state index contributed by atoms with van der Waals surface area (Å²) in [6, 6.07) is 5.69. The zero-order chi connectivity index (χ0) is 18.4. The zero-order valence-electron chi connectivity index (χ0n) is 15.4. The van der Waals surface area contributed by atoms with Gasteiger partial charge in [0.2, 0.25) is 11.8 Å². The molecule has 2 N–H and O–H groups in total. The van der Waals surface area contributed by atoms with Crippen LogP contribution in [-0.4, -0.2) is 36.6 Å². The molecule has 1 aliphatic carbocycles. The van der Waals surface area contributed by atoms with Gasteiger partial charge >= 0.3 is 0 Å². The van der Waals surface area contributed by atoms with Crippen molar-refractivity contribution in [2.75, 3.05) is 13.2 Å². The van der Waals surface area contributed by atoms with Crippen LogP contribution < -0.4 is 20.1 Å². The van der Waals surface area contributed by atoms with Crippen molar-refractivity contribution in [3.8, 4) is 11.5 Å². The van der Waals surface area contributed by atoms with Gasteiger partial charge in [-0.25, -0.2) is 0 Å². The van der Waals surface area contributed by atoms with E-state index >= 15 is 0 Å². The molecule has 2 heterocycles. The Balaban J connectivity index is 1.52. The van der Waals surface area contributed by atoms with Crippen LogP contribution >= 0.6 is 0 Å². The molecular weight excluding hydrogens is 332 g/mol. The van der Waals surface area contributed by atoms with Crippen LogP contribution in [0.3, 0.4) is 0 Å². The minimum absolute atomic E-state index is 0.00191. The average Bonchev–Trinajstić information content (AvgIpc) is 2.61. The van der Waals surface area contributed by atoms with E-state index in [2.05, 4.69) is 10.6 Å². The lowest BCUT2D eigenvalue weighted by atomic mass is 9.68. The van der Waals surface area contributed by atoms with Crippen molar-refractivity contribution in [1.29, 1.82) is 0 Å². The van der Waals surface area contributed by atoms with E-state index in [-0.39, 0.29) is 23.4 Å². The van der Waals surface area contributed by atoms with E-state index in [9.17, 15) is 9.59 Å². The maximum absolute atomic E-state index is 13.1. The van der Waals surface area contributed by atoms with Gasteiger partial charge < -0.3 is 20.1 Å². The Hall–Kier alpha value is -2.24. The van der Waals surface area contributed by atoms with Crippen molar-refractivity contribution in [2.45, 2.75) is 62.9 Å². The number of amides is 2. The van der Waals surface area contributed by atoms with Crippen molar-refractivity contribution in [1.82, 2.24) is 10.6 Å². The van der Waals surface area contributed by atoms with Gasteiger partial charge in [0.25, 0.3) is 0 Å². The second-order valence-electron chi connectivity index (χ2n) is 8.11. The fourth-order valence-electron chi connectivity index (χ4n) is 4.12. The summed E-state index contributed by atoms with van der Waals surface area (Å²) in [5.74, 6) is 1.48. The summed E-state index contributed by atoms with van der Waals surface area (Å²) < 4.78 is 11.2. The van der Waals surface area contributed by atoms with Crippen LogP contribution in [-0.2, 0) is 15.0 Å². The van der Waals surface area contributed by atoms with Crippen LogP contribution in [0.2, 0.25) is 0 Å². The molecule has 0 bridgehead atoms. The second kappa shape index (κ2) is 6.18. The topological polar surface area (TPSA) is 76.7 Å². The van der Waals surface area contributed by atoms with E-state index in [1.807, 2.05) is 32.0 Å². The molecule has 2 aliphatic heterocycles. The number of carbonyl (C=O) groups excluding carboxylic acids is 2. The number of hydrogen-bond acceptors (Lipinski definition) is 4. The molecule has 140 valence electrons. The summed E-state index contributed by atoms with van der Waals surface area (Å²) in [5.41, 5.74) is -0.0578. The zero-order valence-corrected chi connectivity index (χ0v) is 15.4. The fraction of sp³-hybridized carbons (Fsp3) is 0.600. The molecule has 0 radical (unpaired) electrons. The summed E-state index contributed by atoms with van der Waals surface area (Å²) in [6.45, 7) is 4.91. The molecular formula is C20H26N2O4. The molecule has 1 aromatic carbocycles. The average molecular weight is 358 g/mol. The summed E-state index contributed by atoms with van der Waals surface area (Å²) in [4.78, 5) is 24.9. The Morgan fingerprint density at radius 1 is 1.23 bits per heavy atom. The lowest BCUT2D eigenvalue weighted by Crippen LogP contribution is -2.69. The first kappa shape index (κ1) is 17.2. The third-order valence-corrected chi connectivity index (χ3v) is 6.10. The van der Waals surface area contributed by atoms with Crippen molar-refractivity contribution < 1.29 is 19.1 Å². The SMILES string of the molecule is CC(C)(C(=O)NC1CCC(=O)NC12CCC2)c1ccc2c(c1)OCCO2. The van der Waals surface area contributed by atoms with Crippen molar-refractivity contribution >= 4 is 11.8 Å². The molecule has 0 aromatic heterocycles. The molecule has 26 heavy (non-hydrogen) atoms. The van der Waals surface area contributed by atoms with E-state index in [1.54, 1.807) is 0 Å². The number of piperidine rings is 1. The molecule has 6 heteroatoms. The molecule has 1 saturated heterocycles. The molecule has 2 fully saturated rings. The van der Waals surface area contributed by atoms with Gasteiger partial charge in [0, 0.05) is 6.42 Å². The largest absolute Gasteiger partial charge is 0.486 e. The summed E-state index contributed by atoms with van der Waals surface area (Å²) in [6.07, 6.45) is 4.15. The quantitative estimate of drug-likeness (QED) is 0.867. The van der Waals surface area contributed by atoms with E-state index in [0.717, 1.165) is 30.6 Å². The first-order valence-electron chi connectivity index (χ1n) is 9.43. The molecule has 1 saturated carbocycles. The first-order chi connectivity index (χ1) is 12.4. The summed E-state index contributed by atoms with van der Waals surface area (Å²) >= 11 is 0. The van der Waals surface area contributed by atoms with Crippen LogP contribution in [0.15, 0.2) is 18.2 Å². The highest BCUT2D eigenvalue weighted by atomic mass is 16.6. The number of nitrogens with one attached hydrogen (secondary N) is 2. The van der Waals surface area contributed by atoms with Crippen LogP contribution in [0.25, 0.3) is 0 Å². The molecule has 1 unspecified atom stereocenters. The third-order valence-electron chi connectivity index (χ3n) is 6.10. The molecule has 1 spiro atoms. The van der Waals surface area contributed by atoms with Gasteiger partial charge in [-0.3, -0.25) is 9.59 Å². The lowest BCUT2D eigenvalue weighted by Gasteiger charge is -2.51. The van der Waals surface area contributed by atoms with Gasteiger partial charge in [0.05, 0.1) is 17.0 Å². The molecule has 4 rings (SSSR count). The van der Waals surface area contributed by atoms with Gasteiger partial charge in [-0.1, -0.05) is 6.07 Å². The number of carbonyl (C=O) groups is 2. The normalized spacial score (nSPS) is 23.8. The smallest absolute Gasteiger partial charge is 0.230 e. The first-order valence-corrected chi connectivity index (χ1v) is 9.43. The molecule has 2 amide bonds. The standard InChI is InChI=1S/C20H26N2O4/c1-19(2,13-4-5-14-15(12-13)26-11-10-25-14)18(24)21-16-6-7-17(23)22-20(16)8-3-9-20/h4-5,12,16H,3,6-11H2,1-2H3,(H,21,24)(H,22,23). The number of hydrogen-bond donors (Lipinski definition) is 2. The maximum atomic E-state index is 13.1. The number of rotatable bonds is 3. The van der Waals surface area contributed by atoms with Crippen LogP contribution in [0.5, 0.6) is 11.5 Å². The Morgan fingerprint density at radius 2 is 1.96 bits per heavy atom. The molecule has 3 aliphatic rings. The third kappa shape index (κ3) is 2.81. The van der Waals surface area contributed by atoms with E-state index in [1.165, 1.54) is 0 Å². The summed E-state index contributed by atoms with van der Waals surface area (Å²) in [7, 11) is 0. The minimum Gasteiger partial charge on any atom is -0.486 e. The van der Waals surface area contributed by atoms with Gasteiger partial charge in [-0.2, -0.15) is 0 Å². The van der Waals surface area contributed by atoms with Gasteiger partial charge in [0.1, 0.15) is 13.2 Å². The van der Waals surface area contributed by atoms with Gasteiger partial charge in [-0.15, -0.1) is 0 Å². The maximum Gasteiger partial charge on any atom is 0.230 e. The minimum atomic E-state index is -0.706. The highest BCUT2D eigenvalue weighted by Gasteiger charge is 2.49. The number of fused-ring (bicyclic) bond motifs is 1. The Kier molecular flexibility index (Phi) is 4.09. The highest BCUT2D eigenvalue weighted by Crippen LogP contribution is 2.40.